The van der Waals surface area contributed by atoms with Gasteiger partial charge in [-0.3, -0.25) is 9.59 Å². The molecule has 0 aromatic heterocycles. The van der Waals surface area contributed by atoms with Crippen molar-refractivity contribution in [2.45, 2.75) is 270 Å². The van der Waals surface area contributed by atoms with Crippen LogP contribution in [0.2, 0.25) is 0 Å². The predicted molar refractivity (Wildman–Crippen MR) is 255 cm³/mol. The molecule has 0 aromatic rings. The average molecular weight is 828 g/mol. The lowest BCUT2D eigenvalue weighted by Gasteiger charge is -2.24. The van der Waals surface area contributed by atoms with Crippen LogP contribution < -0.4 is 5.32 Å². The first-order valence-electron chi connectivity index (χ1n) is 25.4. The molecule has 59 heavy (non-hydrogen) atoms. The third-order valence-electron chi connectivity index (χ3n) is 11.4. The van der Waals surface area contributed by atoms with Gasteiger partial charge in [-0.05, 0) is 83.5 Å². The Morgan fingerprint density at radius 3 is 1.41 bits per heavy atom. The van der Waals surface area contributed by atoms with Gasteiger partial charge in [-0.2, -0.15) is 0 Å². The van der Waals surface area contributed by atoms with Gasteiger partial charge < -0.3 is 20.3 Å². The van der Waals surface area contributed by atoms with Crippen molar-refractivity contribution in [3.8, 4) is 0 Å². The summed E-state index contributed by atoms with van der Waals surface area (Å²) in [4.78, 5) is 26.1. The fourth-order valence-corrected chi connectivity index (χ4v) is 7.56. The van der Waals surface area contributed by atoms with E-state index in [0.29, 0.717) is 19.3 Å². The molecule has 0 heterocycles. The maximum Gasteiger partial charge on any atom is 0.306 e. The molecule has 344 valence electrons. The fraction of sp³-hybridized carbons (Fsp3) is 0.811. The van der Waals surface area contributed by atoms with Gasteiger partial charge in [0.25, 0.3) is 0 Å². The van der Waals surface area contributed by atoms with Gasteiger partial charge in [0, 0.05) is 6.42 Å². The van der Waals surface area contributed by atoms with Crippen molar-refractivity contribution in [1.82, 2.24) is 5.32 Å². The molecule has 6 nitrogen and oxygen atoms in total. The number of unbranched alkanes of at least 4 members (excludes halogenated alkanes) is 25. The number of rotatable bonds is 45. The lowest BCUT2D eigenvalue weighted by Crippen LogP contribution is -2.46. The van der Waals surface area contributed by atoms with E-state index in [1.54, 1.807) is 0 Å². The number of hydrogen-bond donors (Lipinski definition) is 3. The minimum atomic E-state index is -0.795. The zero-order valence-corrected chi connectivity index (χ0v) is 39.1. The van der Waals surface area contributed by atoms with E-state index in [1.165, 1.54) is 109 Å². The largest absolute Gasteiger partial charge is 0.462 e. The first-order chi connectivity index (χ1) is 29.0. The van der Waals surface area contributed by atoms with Crippen molar-refractivity contribution >= 4 is 11.9 Å². The third-order valence-corrected chi connectivity index (χ3v) is 11.4. The SMILES string of the molecule is CC/C=C/C/C=C/C/C=C/CCCCCCC(CC(=O)NC(CO)C(O)CCCCCCCCCCCCCC)OC(=O)CCCCC/C=C\CCCCCCCCC. The summed E-state index contributed by atoms with van der Waals surface area (Å²) in [5.74, 6) is -0.511. The Labute approximate surface area is 366 Å². The molecule has 0 fully saturated rings. The van der Waals surface area contributed by atoms with Crippen molar-refractivity contribution in [2.75, 3.05) is 6.61 Å². The number of ether oxygens (including phenoxy) is 1. The number of allylic oxidation sites excluding steroid dienone is 8. The van der Waals surface area contributed by atoms with Gasteiger partial charge in [-0.15, -0.1) is 0 Å². The van der Waals surface area contributed by atoms with Gasteiger partial charge in [0.05, 0.1) is 25.2 Å². The summed E-state index contributed by atoms with van der Waals surface area (Å²) in [6.07, 6.45) is 56.0. The summed E-state index contributed by atoms with van der Waals surface area (Å²) in [6, 6.07) is -0.711. The van der Waals surface area contributed by atoms with Crippen LogP contribution in [-0.2, 0) is 14.3 Å². The standard InChI is InChI=1S/C53H97NO5/c1-4-7-10-13-16-19-22-25-27-29-32-35-38-41-44-49(59-53(58)46-43-40-37-34-31-28-26-23-20-17-14-11-8-5-2)47-52(57)54-50(48-55)51(56)45-42-39-36-33-30-24-21-18-15-12-9-6-3/h7,10,16,19,25,27-28,31,49-51,55-56H,4-6,8-9,11-15,17-18,20-24,26,29-30,32-48H2,1-3H3,(H,54,57)/b10-7+,19-16+,27-25+,31-28-. The number of carbonyl (C=O) groups is 2. The maximum absolute atomic E-state index is 13.2. The molecule has 0 aliphatic heterocycles. The molecule has 1 amide bonds. The average Bonchev–Trinajstić information content (AvgIpc) is 3.23. The van der Waals surface area contributed by atoms with Crippen molar-refractivity contribution in [2.24, 2.45) is 0 Å². The molecule has 0 rings (SSSR count). The lowest BCUT2D eigenvalue weighted by atomic mass is 10.0. The van der Waals surface area contributed by atoms with Crippen molar-refractivity contribution in [1.29, 1.82) is 0 Å². The number of aliphatic hydroxyl groups excluding tert-OH is 2. The van der Waals surface area contributed by atoms with Gasteiger partial charge in [-0.25, -0.2) is 0 Å². The molecule has 3 N–H and O–H groups in total. The normalized spacial score (nSPS) is 13.6. The third kappa shape index (κ3) is 42.3. The smallest absolute Gasteiger partial charge is 0.306 e. The highest BCUT2D eigenvalue weighted by Gasteiger charge is 2.24. The highest BCUT2D eigenvalue weighted by molar-refractivity contribution is 5.77. The molecular weight excluding hydrogens is 731 g/mol. The second-order valence-electron chi connectivity index (χ2n) is 17.2. The number of nitrogens with one attached hydrogen (secondary N) is 1. The molecule has 0 aliphatic rings. The number of esters is 1. The van der Waals surface area contributed by atoms with Crippen molar-refractivity contribution in [3.63, 3.8) is 0 Å². The second-order valence-corrected chi connectivity index (χ2v) is 17.2. The molecule has 0 aliphatic carbocycles. The Hall–Kier alpha value is -2.18. The molecule has 0 saturated carbocycles. The molecule has 0 saturated heterocycles. The van der Waals surface area contributed by atoms with E-state index in [0.717, 1.165) is 96.3 Å². The highest BCUT2D eigenvalue weighted by Crippen LogP contribution is 2.17. The van der Waals surface area contributed by atoms with E-state index in [9.17, 15) is 19.8 Å². The van der Waals surface area contributed by atoms with Gasteiger partial charge in [0.15, 0.2) is 0 Å². The van der Waals surface area contributed by atoms with E-state index >= 15 is 0 Å². The highest BCUT2D eigenvalue weighted by atomic mass is 16.5. The fourth-order valence-electron chi connectivity index (χ4n) is 7.56. The predicted octanol–water partition coefficient (Wildman–Crippen LogP) is 15.1. The van der Waals surface area contributed by atoms with Crippen molar-refractivity contribution < 1.29 is 24.5 Å². The van der Waals surface area contributed by atoms with Crippen LogP contribution in [0.4, 0.5) is 0 Å². The molecule has 3 unspecified atom stereocenters. The minimum Gasteiger partial charge on any atom is -0.462 e. The zero-order valence-electron chi connectivity index (χ0n) is 39.1. The van der Waals surface area contributed by atoms with Gasteiger partial charge in [0.1, 0.15) is 6.10 Å². The van der Waals surface area contributed by atoms with Crippen LogP contribution in [0.25, 0.3) is 0 Å². The van der Waals surface area contributed by atoms with Gasteiger partial charge in [-0.1, -0.05) is 204 Å². The summed E-state index contributed by atoms with van der Waals surface area (Å²) in [7, 11) is 0. The molecule has 0 bridgehead atoms. The van der Waals surface area contributed by atoms with Crippen LogP contribution in [0.5, 0.6) is 0 Å². The second kappa shape index (κ2) is 46.9. The summed E-state index contributed by atoms with van der Waals surface area (Å²) >= 11 is 0. The van der Waals surface area contributed by atoms with Crippen LogP contribution in [0.1, 0.15) is 252 Å². The Morgan fingerprint density at radius 2 is 0.915 bits per heavy atom. The van der Waals surface area contributed by atoms with E-state index in [1.807, 2.05) is 0 Å². The Bertz CT molecular complexity index is 1020. The molecule has 3 atom stereocenters. The molecule has 0 spiro atoms. The van der Waals surface area contributed by atoms with E-state index in [2.05, 4.69) is 74.7 Å². The minimum absolute atomic E-state index is 0.0571. The Kier molecular flexibility index (Phi) is 45.1. The van der Waals surface area contributed by atoms with Crippen LogP contribution in [0.15, 0.2) is 48.6 Å². The number of aliphatic hydroxyl groups is 2. The quantitative estimate of drug-likeness (QED) is 0.0323. The first-order valence-corrected chi connectivity index (χ1v) is 25.4. The van der Waals surface area contributed by atoms with Crippen LogP contribution in [-0.4, -0.2) is 46.9 Å². The summed E-state index contributed by atoms with van der Waals surface area (Å²) in [5, 5.41) is 23.7. The van der Waals surface area contributed by atoms with E-state index < -0.39 is 18.2 Å². The number of amides is 1. The molecular formula is C53H97NO5. The van der Waals surface area contributed by atoms with Crippen LogP contribution in [0, 0.1) is 0 Å². The summed E-state index contributed by atoms with van der Waals surface area (Å²) in [5.41, 5.74) is 0. The molecule has 6 heteroatoms. The number of hydrogen-bond acceptors (Lipinski definition) is 5. The number of carbonyl (C=O) groups excluding carboxylic acids is 2. The van der Waals surface area contributed by atoms with Crippen molar-refractivity contribution in [3.05, 3.63) is 48.6 Å². The zero-order chi connectivity index (χ0) is 43.1. The first kappa shape index (κ1) is 56.8. The Morgan fingerprint density at radius 1 is 0.508 bits per heavy atom. The summed E-state index contributed by atoms with van der Waals surface area (Å²) in [6.45, 7) is 6.36. The van der Waals surface area contributed by atoms with Crippen LogP contribution >= 0.6 is 0 Å². The van der Waals surface area contributed by atoms with E-state index in [4.69, 9.17) is 4.74 Å². The van der Waals surface area contributed by atoms with Crippen LogP contribution in [0.3, 0.4) is 0 Å². The van der Waals surface area contributed by atoms with Gasteiger partial charge >= 0.3 is 5.97 Å². The summed E-state index contributed by atoms with van der Waals surface area (Å²) < 4.78 is 5.91. The molecule has 0 aromatic carbocycles. The lowest BCUT2D eigenvalue weighted by molar-refractivity contribution is -0.151. The monoisotopic (exact) mass is 828 g/mol. The Balaban J connectivity index is 4.64. The van der Waals surface area contributed by atoms with E-state index in [-0.39, 0.29) is 24.9 Å². The maximum atomic E-state index is 13.2. The van der Waals surface area contributed by atoms with Gasteiger partial charge in [0.2, 0.25) is 5.91 Å². The molecule has 0 radical (unpaired) electrons. The topological polar surface area (TPSA) is 95.9 Å².